The highest BCUT2D eigenvalue weighted by molar-refractivity contribution is 7.84. The van der Waals surface area contributed by atoms with Gasteiger partial charge in [0.1, 0.15) is 0 Å². The molecule has 0 fully saturated rings. The fourth-order valence-corrected chi connectivity index (χ4v) is 2.53. The van der Waals surface area contributed by atoms with E-state index in [1.807, 2.05) is 0 Å². The first-order valence-corrected chi connectivity index (χ1v) is 7.34. The molecule has 0 spiro atoms. The van der Waals surface area contributed by atoms with Crippen LogP contribution in [0.4, 0.5) is 0 Å². The number of carboxylic acids is 1. The molecule has 0 aromatic heterocycles. The summed E-state index contributed by atoms with van der Waals surface area (Å²) < 4.78 is 16.5. The number of esters is 1. The van der Waals surface area contributed by atoms with Crippen LogP contribution in [0.15, 0.2) is 24.3 Å². The van der Waals surface area contributed by atoms with Gasteiger partial charge < -0.3 is 9.84 Å². The number of carboxylic acid groups (broad SMARTS) is 1. The molecule has 5 nitrogen and oxygen atoms in total. The first-order chi connectivity index (χ1) is 9.02. The van der Waals surface area contributed by atoms with Gasteiger partial charge in [-0.1, -0.05) is 12.1 Å². The maximum Gasteiger partial charge on any atom is 0.335 e. The summed E-state index contributed by atoms with van der Waals surface area (Å²) in [5.41, 5.74) is 0.980. The van der Waals surface area contributed by atoms with Crippen molar-refractivity contribution >= 4 is 22.7 Å². The van der Waals surface area contributed by atoms with Crippen LogP contribution in [0.2, 0.25) is 0 Å². The standard InChI is InChI=1S/C13H16O5S/c1-2-18-12(14)7-8-19(17)9-10-3-5-11(6-4-10)13(15)16/h3-6H,2,7-9H2,1H3,(H,15,16). The van der Waals surface area contributed by atoms with Crippen LogP contribution in [0.3, 0.4) is 0 Å². The van der Waals surface area contributed by atoms with Crippen LogP contribution in [0.25, 0.3) is 0 Å². The lowest BCUT2D eigenvalue weighted by atomic mass is 10.1. The van der Waals surface area contributed by atoms with Gasteiger partial charge in [-0.05, 0) is 24.6 Å². The van der Waals surface area contributed by atoms with Crippen molar-refractivity contribution < 1.29 is 23.6 Å². The van der Waals surface area contributed by atoms with Crippen LogP contribution in [0.5, 0.6) is 0 Å². The molecule has 1 aromatic carbocycles. The third kappa shape index (κ3) is 5.65. The number of hydrogen-bond donors (Lipinski definition) is 1. The highest BCUT2D eigenvalue weighted by Crippen LogP contribution is 2.08. The summed E-state index contributed by atoms with van der Waals surface area (Å²) in [5, 5.41) is 8.74. The summed E-state index contributed by atoms with van der Waals surface area (Å²) in [6.07, 6.45) is 0.133. The average molecular weight is 284 g/mol. The van der Waals surface area contributed by atoms with E-state index in [4.69, 9.17) is 9.84 Å². The Balaban J connectivity index is 2.44. The van der Waals surface area contributed by atoms with Gasteiger partial charge in [0.25, 0.3) is 0 Å². The van der Waals surface area contributed by atoms with Crippen molar-refractivity contribution in [3.63, 3.8) is 0 Å². The number of carbonyl (C=O) groups excluding carboxylic acids is 1. The second-order valence-corrected chi connectivity index (χ2v) is 5.42. The zero-order valence-corrected chi connectivity index (χ0v) is 11.4. The van der Waals surface area contributed by atoms with Gasteiger partial charge in [0, 0.05) is 22.3 Å². The summed E-state index contributed by atoms with van der Waals surface area (Å²) in [7, 11) is -1.16. The normalized spacial score (nSPS) is 11.8. The minimum atomic E-state index is -1.16. The van der Waals surface area contributed by atoms with Crippen molar-refractivity contribution in [2.24, 2.45) is 0 Å². The van der Waals surface area contributed by atoms with Gasteiger partial charge in [-0.2, -0.15) is 0 Å². The van der Waals surface area contributed by atoms with E-state index < -0.39 is 16.8 Å². The Hall–Kier alpha value is -1.69. The van der Waals surface area contributed by atoms with Crippen molar-refractivity contribution in [3.05, 3.63) is 35.4 Å². The minimum absolute atomic E-state index is 0.133. The van der Waals surface area contributed by atoms with E-state index in [0.29, 0.717) is 12.4 Å². The number of ether oxygens (including phenoxy) is 1. The van der Waals surface area contributed by atoms with Crippen LogP contribution in [0, 0.1) is 0 Å². The van der Waals surface area contributed by atoms with Crippen LogP contribution in [-0.2, 0) is 26.1 Å². The predicted molar refractivity (Wildman–Crippen MR) is 71.4 cm³/mol. The van der Waals surface area contributed by atoms with Gasteiger partial charge in [-0.25, -0.2) is 4.79 Å². The molecule has 0 aliphatic heterocycles. The largest absolute Gasteiger partial charge is 0.478 e. The van der Waals surface area contributed by atoms with Gasteiger partial charge in [0.05, 0.1) is 18.6 Å². The highest BCUT2D eigenvalue weighted by atomic mass is 32.2. The monoisotopic (exact) mass is 284 g/mol. The van der Waals surface area contributed by atoms with Gasteiger partial charge in [0.15, 0.2) is 0 Å². The van der Waals surface area contributed by atoms with E-state index in [1.165, 1.54) is 12.1 Å². The Morgan fingerprint density at radius 3 is 2.42 bits per heavy atom. The Bertz CT molecular complexity index is 466. The van der Waals surface area contributed by atoms with Gasteiger partial charge in [0.2, 0.25) is 0 Å². The van der Waals surface area contributed by atoms with E-state index in [1.54, 1.807) is 19.1 Å². The Kier molecular flexibility index (Phi) is 6.21. The Labute approximate surface area is 114 Å². The number of carbonyl (C=O) groups is 2. The summed E-state index contributed by atoms with van der Waals surface area (Å²) in [5.74, 6) is -0.786. The first-order valence-electron chi connectivity index (χ1n) is 5.85. The van der Waals surface area contributed by atoms with Crippen molar-refractivity contribution in [2.75, 3.05) is 12.4 Å². The minimum Gasteiger partial charge on any atom is -0.478 e. The number of hydrogen-bond acceptors (Lipinski definition) is 4. The smallest absolute Gasteiger partial charge is 0.335 e. The SMILES string of the molecule is CCOC(=O)CCS(=O)Cc1ccc(C(=O)O)cc1. The molecule has 0 heterocycles. The van der Waals surface area contributed by atoms with Crippen LogP contribution in [0.1, 0.15) is 29.3 Å². The Morgan fingerprint density at radius 1 is 1.26 bits per heavy atom. The average Bonchev–Trinajstić information content (AvgIpc) is 2.37. The molecule has 1 aromatic rings. The topological polar surface area (TPSA) is 80.7 Å². The molecule has 104 valence electrons. The van der Waals surface area contributed by atoms with Crippen LogP contribution in [-0.4, -0.2) is 33.6 Å². The molecule has 1 N–H and O–H groups in total. The van der Waals surface area contributed by atoms with E-state index in [-0.39, 0.29) is 23.7 Å². The molecule has 0 amide bonds. The quantitative estimate of drug-likeness (QED) is 0.769. The van der Waals surface area contributed by atoms with Crippen LogP contribution < -0.4 is 0 Å². The van der Waals surface area contributed by atoms with Crippen molar-refractivity contribution in [2.45, 2.75) is 19.1 Å². The lowest BCUT2D eigenvalue weighted by molar-refractivity contribution is -0.142. The van der Waals surface area contributed by atoms with Crippen molar-refractivity contribution in [1.82, 2.24) is 0 Å². The molecule has 0 saturated carbocycles. The molecule has 0 aliphatic carbocycles. The summed E-state index contributed by atoms with van der Waals surface area (Å²) in [6, 6.07) is 6.21. The lowest BCUT2D eigenvalue weighted by Crippen LogP contribution is -2.10. The number of aromatic carboxylic acids is 1. The molecule has 0 aliphatic rings. The fourth-order valence-electron chi connectivity index (χ4n) is 1.43. The van der Waals surface area contributed by atoms with E-state index in [2.05, 4.69) is 0 Å². The van der Waals surface area contributed by atoms with Crippen molar-refractivity contribution in [3.8, 4) is 0 Å². The molecule has 19 heavy (non-hydrogen) atoms. The number of benzene rings is 1. The number of rotatable bonds is 7. The second kappa shape index (κ2) is 7.68. The first kappa shape index (κ1) is 15.4. The third-order valence-corrected chi connectivity index (χ3v) is 3.68. The van der Waals surface area contributed by atoms with Crippen molar-refractivity contribution in [1.29, 1.82) is 0 Å². The fraction of sp³-hybridized carbons (Fsp3) is 0.385. The molecule has 0 saturated heterocycles. The molecule has 1 unspecified atom stereocenters. The molecule has 0 radical (unpaired) electrons. The highest BCUT2D eigenvalue weighted by Gasteiger charge is 2.08. The summed E-state index contributed by atoms with van der Waals surface area (Å²) >= 11 is 0. The molecular weight excluding hydrogens is 268 g/mol. The van der Waals surface area contributed by atoms with Gasteiger partial charge >= 0.3 is 11.9 Å². The Morgan fingerprint density at radius 2 is 1.89 bits per heavy atom. The van der Waals surface area contributed by atoms with Gasteiger partial charge in [-0.15, -0.1) is 0 Å². The molecule has 1 atom stereocenters. The molecule has 1 rings (SSSR count). The lowest BCUT2D eigenvalue weighted by Gasteiger charge is -2.03. The van der Waals surface area contributed by atoms with E-state index >= 15 is 0 Å². The third-order valence-electron chi connectivity index (χ3n) is 2.37. The van der Waals surface area contributed by atoms with E-state index in [0.717, 1.165) is 5.56 Å². The summed E-state index contributed by atoms with van der Waals surface area (Å²) in [6.45, 7) is 2.04. The second-order valence-electron chi connectivity index (χ2n) is 3.85. The van der Waals surface area contributed by atoms with Crippen LogP contribution >= 0.6 is 0 Å². The summed E-state index contributed by atoms with van der Waals surface area (Å²) in [4.78, 5) is 21.8. The molecule has 6 heteroatoms. The molecular formula is C13H16O5S. The maximum atomic E-state index is 11.7. The zero-order chi connectivity index (χ0) is 14.3. The van der Waals surface area contributed by atoms with E-state index in [9.17, 15) is 13.8 Å². The van der Waals surface area contributed by atoms with Gasteiger partial charge in [-0.3, -0.25) is 9.00 Å². The molecule has 0 bridgehead atoms. The zero-order valence-electron chi connectivity index (χ0n) is 10.6. The maximum absolute atomic E-state index is 11.7. The predicted octanol–water partition coefficient (Wildman–Crippen LogP) is 1.59.